The quantitative estimate of drug-likeness (QED) is 0.250. The van der Waals surface area contributed by atoms with E-state index in [0.29, 0.717) is 5.02 Å². The third-order valence-corrected chi connectivity index (χ3v) is 6.45. The van der Waals surface area contributed by atoms with Crippen LogP contribution >= 0.6 is 11.6 Å². The maximum Gasteiger partial charge on any atom is 0.261 e. The van der Waals surface area contributed by atoms with Crippen molar-refractivity contribution in [2.75, 3.05) is 0 Å². The molecule has 0 bridgehead atoms. The number of fused-ring (bicyclic) bond motifs is 9. The molecule has 0 unspecified atom stereocenters. The highest BCUT2D eigenvalue weighted by atomic mass is 35.5. The van der Waals surface area contributed by atoms with Crippen molar-refractivity contribution in [3.63, 3.8) is 0 Å². The van der Waals surface area contributed by atoms with Crippen LogP contribution in [0, 0.1) is 0 Å². The van der Waals surface area contributed by atoms with E-state index in [0.717, 1.165) is 39.3 Å². The molecular weight excluding hydrogens is 391 g/mol. The summed E-state index contributed by atoms with van der Waals surface area (Å²) in [6.07, 6.45) is 0. The Hall–Kier alpha value is -3.43. The molecule has 0 saturated heterocycles. The molecule has 2 heterocycles. The maximum absolute atomic E-state index is 6.58. The zero-order chi connectivity index (χ0) is 19.8. The molecule has 0 amide bonds. The molecule has 2 nitrogen and oxygen atoms in total. The summed E-state index contributed by atoms with van der Waals surface area (Å²) >= 11 is 6.44. The second-order valence-electron chi connectivity index (χ2n) is 7.82. The molecule has 2 aliphatic heterocycles. The Kier molecular flexibility index (Phi) is 3.17. The van der Waals surface area contributed by atoms with Crippen LogP contribution in [0.4, 0.5) is 0 Å². The molecule has 0 saturated carbocycles. The summed E-state index contributed by atoms with van der Waals surface area (Å²) in [7, 11) is 0. The van der Waals surface area contributed by atoms with Gasteiger partial charge in [-0.1, -0.05) is 78.3 Å². The fraction of sp³-hybridized carbons (Fsp3) is 0. The van der Waals surface area contributed by atoms with Crippen LogP contribution in [0.3, 0.4) is 0 Å². The van der Waals surface area contributed by atoms with E-state index < -0.39 is 0 Å². The fourth-order valence-corrected chi connectivity index (χ4v) is 5.25. The van der Waals surface area contributed by atoms with E-state index in [9.17, 15) is 0 Å². The number of rotatable bonds is 0. The summed E-state index contributed by atoms with van der Waals surface area (Å²) in [5, 5.41) is 5.36. The second kappa shape index (κ2) is 5.81. The zero-order valence-corrected chi connectivity index (χ0v) is 16.6. The molecule has 0 spiro atoms. The van der Waals surface area contributed by atoms with Gasteiger partial charge in [0.2, 0.25) is 0 Å². The van der Waals surface area contributed by atoms with E-state index in [2.05, 4.69) is 60.7 Å². The van der Waals surface area contributed by atoms with Crippen molar-refractivity contribution in [1.82, 2.24) is 0 Å². The van der Waals surface area contributed by atoms with Crippen LogP contribution in [0.1, 0.15) is 0 Å². The minimum atomic E-state index is 0.0236. The van der Waals surface area contributed by atoms with Crippen molar-refractivity contribution >= 4 is 56.2 Å². The first-order valence-electron chi connectivity index (χ1n) is 10.0. The Bertz CT molecular complexity index is 1530. The van der Waals surface area contributed by atoms with Crippen LogP contribution in [0.5, 0.6) is 23.0 Å². The first kappa shape index (κ1) is 16.4. The van der Waals surface area contributed by atoms with E-state index in [1.165, 1.54) is 21.6 Å². The highest BCUT2D eigenvalue weighted by Crippen LogP contribution is 2.41. The third kappa shape index (κ3) is 2.05. The molecule has 5 aromatic carbocycles. The standard InChI is InChI=1S/C26H14BClO2/c28-15-13-22-25-23(14-15)30-26-19-10-4-2-8-17(19)16-7-1-3-9-18(16)24(26)27(25)20-11-5-6-12-21(20)29-22/h1-14H. The Morgan fingerprint density at radius 2 is 1.17 bits per heavy atom. The molecule has 0 aromatic heterocycles. The summed E-state index contributed by atoms with van der Waals surface area (Å²) in [6, 6.07) is 29.1. The van der Waals surface area contributed by atoms with Gasteiger partial charge in [0, 0.05) is 15.9 Å². The molecule has 0 fully saturated rings. The average molecular weight is 405 g/mol. The highest BCUT2D eigenvalue weighted by molar-refractivity contribution is 6.99. The number of para-hydroxylation sites is 1. The number of halogens is 1. The SMILES string of the molecule is Clc1cc2c3c(c1)Oc1c(c4ccccc4c4ccccc14)B3c1ccccc1O2. The van der Waals surface area contributed by atoms with E-state index in [1.807, 2.05) is 24.3 Å². The van der Waals surface area contributed by atoms with Crippen molar-refractivity contribution in [3.05, 3.63) is 90.0 Å². The Balaban J connectivity index is 1.70. The maximum atomic E-state index is 6.58. The van der Waals surface area contributed by atoms with Gasteiger partial charge in [-0.2, -0.15) is 0 Å². The topological polar surface area (TPSA) is 18.5 Å². The average Bonchev–Trinajstić information content (AvgIpc) is 2.78. The number of hydrogen-bond acceptors (Lipinski definition) is 2. The normalized spacial score (nSPS) is 13.3. The van der Waals surface area contributed by atoms with Gasteiger partial charge in [-0.15, -0.1) is 0 Å². The van der Waals surface area contributed by atoms with Gasteiger partial charge in [0.05, 0.1) is 0 Å². The molecule has 140 valence electrons. The zero-order valence-electron chi connectivity index (χ0n) is 15.9. The Morgan fingerprint density at radius 3 is 1.97 bits per heavy atom. The predicted molar refractivity (Wildman–Crippen MR) is 124 cm³/mol. The van der Waals surface area contributed by atoms with Crippen molar-refractivity contribution in [2.24, 2.45) is 0 Å². The van der Waals surface area contributed by atoms with Crippen LogP contribution in [0.2, 0.25) is 5.02 Å². The van der Waals surface area contributed by atoms with E-state index in [4.69, 9.17) is 21.1 Å². The molecule has 7 rings (SSSR count). The van der Waals surface area contributed by atoms with Gasteiger partial charge < -0.3 is 9.47 Å². The molecule has 0 N–H and O–H groups in total. The van der Waals surface area contributed by atoms with Gasteiger partial charge in [-0.3, -0.25) is 0 Å². The molecule has 30 heavy (non-hydrogen) atoms. The van der Waals surface area contributed by atoms with E-state index in [-0.39, 0.29) is 6.71 Å². The van der Waals surface area contributed by atoms with Gasteiger partial charge in [-0.05, 0) is 45.3 Å². The van der Waals surface area contributed by atoms with Crippen LogP contribution in [-0.2, 0) is 0 Å². The summed E-state index contributed by atoms with van der Waals surface area (Å²) in [5.74, 6) is 3.31. The summed E-state index contributed by atoms with van der Waals surface area (Å²) in [6.45, 7) is 0.0236. The summed E-state index contributed by atoms with van der Waals surface area (Å²) in [5.41, 5.74) is 3.39. The number of ether oxygens (including phenoxy) is 2. The summed E-state index contributed by atoms with van der Waals surface area (Å²) in [4.78, 5) is 0. The van der Waals surface area contributed by atoms with Crippen molar-refractivity contribution in [2.45, 2.75) is 0 Å². The fourth-order valence-electron chi connectivity index (χ4n) is 5.05. The molecule has 0 aliphatic carbocycles. The largest absolute Gasteiger partial charge is 0.458 e. The van der Waals surface area contributed by atoms with E-state index >= 15 is 0 Å². The van der Waals surface area contributed by atoms with Gasteiger partial charge in [0.25, 0.3) is 6.71 Å². The van der Waals surface area contributed by atoms with Crippen molar-refractivity contribution < 1.29 is 9.47 Å². The van der Waals surface area contributed by atoms with Crippen molar-refractivity contribution in [3.8, 4) is 23.0 Å². The predicted octanol–water partition coefficient (Wildman–Crippen LogP) is 5.37. The van der Waals surface area contributed by atoms with Crippen LogP contribution in [0.25, 0.3) is 21.5 Å². The smallest absolute Gasteiger partial charge is 0.261 e. The highest BCUT2D eigenvalue weighted by Gasteiger charge is 2.41. The minimum Gasteiger partial charge on any atom is -0.458 e. The van der Waals surface area contributed by atoms with Crippen LogP contribution in [0.15, 0.2) is 84.9 Å². The summed E-state index contributed by atoms with van der Waals surface area (Å²) < 4.78 is 12.8. The lowest BCUT2D eigenvalue weighted by Gasteiger charge is -2.34. The molecule has 5 aromatic rings. The monoisotopic (exact) mass is 404 g/mol. The minimum absolute atomic E-state index is 0.0236. The second-order valence-corrected chi connectivity index (χ2v) is 8.26. The molecule has 0 atom stereocenters. The third-order valence-electron chi connectivity index (χ3n) is 6.23. The van der Waals surface area contributed by atoms with Gasteiger partial charge in [0.1, 0.15) is 23.0 Å². The Morgan fingerprint density at radius 1 is 0.567 bits per heavy atom. The van der Waals surface area contributed by atoms with Crippen molar-refractivity contribution in [1.29, 1.82) is 0 Å². The van der Waals surface area contributed by atoms with E-state index in [1.54, 1.807) is 0 Å². The number of hydrogen-bond donors (Lipinski definition) is 0. The van der Waals surface area contributed by atoms with Gasteiger partial charge in [-0.25, -0.2) is 0 Å². The molecular formula is C26H14BClO2. The first-order chi connectivity index (χ1) is 14.8. The lowest BCUT2D eigenvalue weighted by molar-refractivity contribution is 0.467. The number of benzene rings is 5. The Labute approximate surface area is 178 Å². The molecule has 4 heteroatoms. The lowest BCUT2D eigenvalue weighted by atomic mass is 9.34. The first-order valence-corrected chi connectivity index (χ1v) is 10.4. The van der Waals surface area contributed by atoms with Gasteiger partial charge in [0.15, 0.2) is 0 Å². The molecule has 0 radical (unpaired) electrons. The lowest BCUT2D eigenvalue weighted by Crippen LogP contribution is -2.57. The van der Waals surface area contributed by atoms with Gasteiger partial charge >= 0.3 is 0 Å². The van der Waals surface area contributed by atoms with Crippen LogP contribution in [-0.4, -0.2) is 6.71 Å². The van der Waals surface area contributed by atoms with Crippen LogP contribution < -0.4 is 25.9 Å². The molecule has 2 aliphatic rings.